The fourth-order valence-electron chi connectivity index (χ4n) is 2.49. The molecule has 0 aliphatic heterocycles. The van der Waals surface area contributed by atoms with Gasteiger partial charge in [-0.1, -0.05) is 27.7 Å². The molecule has 0 atom stereocenters. The Hall–Kier alpha value is -5.18. The van der Waals surface area contributed by atoms with Gasteiger partial charge in [-0.15, -0.1) is 0 Å². The minimum atomic E-state index is -1.04. The molecule has 0 spiro atoms. The molecule has 0 bridgehead atoms. The lowest BCUT2D eigenvalue weighted by molar-refractivity contribution is -0.137. The summed E-state index contributed by atoms with van der Waals surface area (Å²) in [6.07, 6.45) is 2.98. The Morgan fingerprint density at radius 3 is 1.26 bits per heavy atom. The van der Waals surface area contributed by atoms with E-state index in [4.69, 9.17) is 5.11 Å². The topological polar surface area (TPSA) is 258 Å². The van der Waals surface area contributed by atoms with Gasteiger partial charge in [-0.05, 0) is 41.8 Å². The number of hydrogen-bond donors (Lipinski definition) is 5. The SMILES string of the molecule is CC.CC(C)NCC=O.CCN(C)C(=O)CN(C)C.CCN(C)C(=O)CN(C)C=O.CCN(C)C(=O)CNC=O.CCNC(=O)CN(C)C=O.O=CNCC(=O)O. The molecule has 336 valence electrons. The fourth-order valence-corrected chi connectivity index (χ4v) is 2.49. The molecule has 0 aliphatic rings. The molecular formula is C36H76N10O11. The van der Waals surface area contributed by atoms with Crippen molar-refractivity contribution in [2.24, 2.45) is 0 Å². The Bertz CT molecular complexity index is 1050. The Balaban J connectivity index is -0.000000105. The highest BCUT2D eigenvalue weighted by molar-refractivity contribution is 5.80. The Labute approximate surface area is 341 Å². The van der Waals surface area contributed by atoms with Gasteiger partial charge in [0, 0.05) is 67.5 Å². The van der Waals surface area contributed by atoms with Crippen LogP contribution in [0.1, 0.15) is 55.4 Å². The lowest BCUT2D eigenvalue weighted by atomic mass is 10.4. The number of nitrogens with zero attached hydrogens (tertiary/aromatic N) is 6. The van der Waals surface area contributed by atoms with E-state index in [0.29, 0.717) is 64.4 Å². The molecule has 21 nitrogen and oxygen atoms in total. The first-order valence-electron chi connectivity index (χ1n) is 18.3. The average Bonchev–Trinajstić information content (AvgIpc) is 3.18. The second kappa shape index (κ2) is 50.8. The van der Waals surface area contributed by atoms with Crippen LogP contribution in [0, 0.1) is 0 Å². The van der Waals surface area contributed by atoms with Crippen LogP contribution in [0.2, 0.25) is 0 Å². The van der Waals surface area contributed by atoms with Gasteiger partial charge < -0.3 is 60.6 Å². The van der Waals surface area contributed by atoms with Gasteiger partial charge in [0.15, 0.2) is 0 Å². The highest BCUT2D eigenvalue weighted by atomic mass is 16.4. The monoisotopic (exact) mass is 825 g/mol. The normalized spacial score (nSPS) is 8.72. The first-order valence-corrected chi connectivity index (χ1v) is 18.3. The Kier molecular flexibility index (Phi) is 59.4. The second-order valence-electron chi connectivity index (χ2n) is 11.6. The molecule has 0 saturated heterocycles. The summed E-state index contributed by atoms with van der Waals surface area (Å²) < 4.78 is 0. The molecule has 0 aromatic carbocycles. The zero-order valence-electron chi connectivity index (χ0n) is 37.2. The number of aldehydes is 1. The number of hydrogen-bond acceptors (Lipinski definition) is 12. The summed E-state index contributed by atoms with van der Waals surface area (Å²) in [6, 6.07) is 0.421. The molecule has 0 saturated carbocycles. The van der Waals surface area contributed by atoms with Crippen LogP contribution in [0.3, 0.4) is 0 Å². The summed E-state index contributed by atoms with van der Waals surface area (Å²) in [6.45, 7) is 19.4. The van der Waals surface area contributed by atoms with E-state index in [1.807, 2.05) is 86.7 Å². The van der Waals surface area contributed by atoms with Crippen LogP contribution in [-0.4, -0.2) is 217 Å². The number of carbonyl (C=O) groups excluding carboxylic acids is 9. The smallest absolute Gasteiger partial charge is 0.322 e. The molecule has 0 fully saturated rings. The van der Waals surface area contributed by atoms with Crippen molar-refractivity contribution in [3.63, 3.8) is 0 Å². The standard InChI is InChI=1S/C7H14N2O2.C7H16N2O.2C6H12N2O2.C5H11NO.C3H5NO3.C2H6/c1-4-9(3)7(11)5-8(2)6-10;1-5-9(4)7(10)6-8(2)3;1-3-8(2)6(10)4-7-5-9;1-3-7-6(10)4-8(2)5-9;1-5(2)6-3-4-7;5-2-4-1-3(6)7;1-2/h6H,4-5H2,1-3H3;5-6H2,1-4H3;5H,3-4H2,1-2H3,(H,7,9);5H,3-4H2,1-2H3,(H,7,10);4-6H,3H2,1-2H3;2H,1H2,(H,4,5)(H,6,7);1-2H3. The van der Waals surface area contributed by atoms with Gasteiger partial charge in [-0.2, -0.15) is 0 Å². The van der Waals surface area contributed by atoms with E-state index in [0.717, 1.165) is 12.8 Å². The van der Waals surface area contributed by atoms with Crippen molar-refractivity contribution >= 4 is 61.5 Å². The van der Waals surface area contributed by atoms with Gasteiger partial charge in [0.25, 0.3) is 0 Å². The van der Waals surface area contributed by atoms with Crippen LogP contribution >= 0.6 is 0 Å². The van der Waals surface area contributed by atoms with Crippen LogP contribution in [-0.2, 0) is 47.9 Å². The second-order valence-corrected chi connectivity index (χ2v) is 11.6. The molecule has 21 heteroatoms. The predicted octanol–water partition coefficient (Wildman–Crippen LogP) is -1.97. The maximum atomic E-state index is 11.1. The maximum Gasteiger partial charge on any atom is 0.322 e. The van der Waals surface area contributed by atoms with Crippen LogP contribution in [0.25, 0.3) is 0 Å². The summed E-state index contributed by atoms with van der Waals surface area (Å²) in [5.74, 6) is -1.10. The number of carboxylic acids is 1. The minimum absolute atomic E-state index is 0.0397. The van der Waals surface area contributed by atoms with Crippen LogP contribution < -0.4 is 21.3 Å². The molecule has 57 heavy (non-hydrogen) atoms. The molecule has 8 amide bonds. The van der Waals surface area contributed by atoms with E-state index < -0.39 is 5.97 Å². The van der Waals surface area contributed by atoms with Crippen molar-refractivity contribution in [1.29, 1.82) is 0 Å². The van der Waals surface area contributed by atoms with Gasteiger partial charge in [0.05, 0.1) is 32.7 Å². The van der Waals surface area contributed by atoms with Gasteiger partial charge in [0.2, 0.25) is 49.3 Å². The van der Waals surface area contributed by atoms with Crippen molar-refractivity contribution in [2.45, 2.75) is 61.4 Å². The third-order valence-electron chi connectivity index (χ3n) is 5.95. The number of likely N-dealkylation sites (N-methyl/N-ethyl adjacent to an activating group) is 7. The van der Waals surface area contributed by atoms with E-state index in [9.17, 15) is 47.9 Å². The van der Waals surface area contributed by atoms with E-state index in [1.165, 1.54) is 14.7 Å². The number of carbonyl (C=O) groups is 10. The first-order chi connectivity index (χ1) is 26.6. The van der Waals surface area contributed by atoms with Gasteiger partial charge in [0.1, 0.15) is 12.8 Å². The summed E-state index contributed by atoms with van der Waals surface area (Å²) in [7, 11) is 12.1. The van der Waals surface area contributed by atoms with Crippen LogP contribution in [0.15, 0.2) is 0 Å². The van der Waals surface area contributed by atoms with Crippen LogP contribution in [0.4, 0.5) is 0 Å². The van der Waals surface area contributed by atoms with Crippen molar-refractivity contribution in [3.8, 4) is 0 Å². The summed E-state index contributed by atoms with van der Waals surface area (Å²) in [4.78, 5) is 111. The molecule has 0 aromatic rings. The van der Waals surface area contributed by atoms with E-state index >= 15 is 0 Å². The minimum Gasteiger partial charge on any atom is -0.480 e. The molecular weight excluding hydrogens is 748 g/mol. The third-order valence-corrected chi connectivity index (χ3v) is 5.95. The molecule has 0 aromatic heterocycles. The highest BCUT2D eigenvalue weighted by Gasteiger charge is 2.08. The molecule has 0 aliphatic carbocycles. The highest BCUT2D eigenvalue weighted by Crippen LogP contribution is 1.86. The molecule has 5 N–H and O–H groups in total. The lowest BCUT2D eigenvalue weighted by Crippen LogP contribution is -2.35. The third kappa shape index (κ3) is 63.1. The summed E-state index contributed by atoms with van der Waals surface area (Å²) in [5, 5.41) is 17.6. The molecule has 0 rings (SSSR count). The fraction of sp³-hybridized carbons (Fsp3) is 0.722. The van der Waals surface area contributed by atoms with Crippen molar-refractivity contribution < 1.29 is 53.1 Å². The number of aliphatic carboxylic acids is 1. The van der Waals surface area contributed by atoms with Gasteiger partial charge in [-0.3, -0.25) is 43.2 Å². The predicted molar refractivity (Wildman–Crippen MR) is 221 cm³/mol. The molecule has 0 heterocycles. The van der Waals surface area contributed by atoms with Gasteiger partial charge in [-0.25, -0.2) is 0 Å². The Morgan fingerprint density at radius 2 is 0.982 bits per heavy atom. The van der Waals surface area contributed by atoms with Crippen molar-refractivity contribution in [3.05, 3.63) is 0 Å². The van der Waals surface area contributed by atoms with E-state index in [2.05, 4.69) is 16.0 Å². The summed E-state index contributed by atoms with van der Waals surface area (Å²) in [5.41, 5.74) is 0. The molecule has 0 radical (unpaired) electrons. The summed E-state index contributed by atoms with van der Waals surface area (Å²) >= 11 is 0. The number of carboxylic acid groups (broad SMARTS) is 1. The quantitative estimate of drug-likeness (QED) is 0.0789. The van der Waals surface area contributed by atoms with Gasteiger partial charge >= 0.3 is 5.97 Å². The maximum absolute atomic E-state index is 11.1. The lowest BCUT2D eigenvalue weighted by Gasteiger charge is -2.17. The van der Waals surface area contributed by atoms with Crippen molar-refractivity contribution in [1.82, 2.24) is 50.7 Å². The number of amides is 8. The van der Waals surface area contributed by atoms with Crippen molar-refractivity contribution in [2.75, 3.05) is 115 Å². The Morgan fingerprint density at radius 1 is 0.596 bits per heavy atom. The average molecular weight is 825 g/mol. The number of rotatable bonds is 21. The first kappa shape index (κ1) is 66.6. The largest absolute Gasteiger partial charge is 0.480 e. The number of nitrogens with one attached hydrogen (secondary N) is 4. The van der Waals surface area contributed by atoms with E-state index in [-0.39, 0.29) is 49.8 Å². The van der Waals surface area contributed by atoms with E-state index in [1.54, 1.807) is 38.0 Å². The zero-order valence-corrected chi connectivity index (χ0v) is 37.2. The zero-order chi connectivity index (χ0) is 46.4. The van der Waals surface area contributed by atoms with Crippen LogP contribution in [0.5, 0.6) is 0 Å². The molecule has 0 unspecified atom stereocenters.